The van der Waals surface area contributed by atoms with Crippen LogP contribution in [0.1, 0.15) is 104 Å². The van der Waals surface area contributed by atoms with Crippen LogP contribution in [0.2, 0.25) is 0 Å². The molecule has 4 aliphatic carbocycles. The summed E-state index contributed by atoms with van der Waals surface area (Å²) in [7, 11) is 0. The van der Waals surface area contributed by atoms with Crippen molar-refractivity contribution in [1.82, 2.24) is 0 Å². The largest absolute Gasteiger partial charge is 0.481 e. The molecule has 212 valence electrons. The van der Waals surface area contributed by atoms with E-state index in [2.05, 4.69) is 44.2 Å². The molecule has 2 N–H and O–H groups in total. The van der Waals surface area contributed by atoms with Gasteiger partial charge in [-0.05, 0) is 120 Å². The summed E-state index contributed by atoms with van der Waals surface area (Å²) in [6, 6.07) is 14.5. The monoisotopic (exact) mass is 534 g/mol. The number of rotatable bonds is 10. The van der Waals surface area contributed by atoms with Crippen LogP contribution in [0.5, 0.6) is 0 Å². The van der Waals surface area contributed by atoms with Crippen LogP contribution in [-0.4, -0.2) is 33.4 Å². The van der Waals surface area contributed by atoms with E-state index < -0.39 is 22.6 Å². The lowest BCUT2D eigenvalue weighted by Gasteiger charge is -2.64. The molecule has 4 aliphatic rings. The van der Waals surface area contributed by atoms with Crippen molar-refractivity contribution in [2.24, 2.45) is 28.6 Å². The lowest BCUT2D eigenvalue weighted by molar-refractivity contribution is -0.234. The van der Waals surface area contributed by atoms with Crippen LogP contribution in [0, 0.1) is 28.6 Å². The van der Waals surface area contributed by atoms with E-state index in [1.165, 1.54) is 6.42 Å². The van der Waals surface area contributed by atoms with Crippen molar-refractivity contribution in [3.8, 4) is 0 Å². The first kappa shape index (κ1) is 28.1. The number of esters is 1. The Hall–Kier alpha value is -2.40. The van der Waals surface area contributed by atoms with Crippen LogP contribution in [0.3, 0.4) is 0 Å². The van der Waals surface area contributed by atoms with Crippen LogP contribution >= 0.6 is 0 Å². The summed E-state index contributed by atoms with van der Waals surface area (Å²) < 4.78 is 6.44. The molecule has 0 spiro atoms. The van der Waals surface area contributed by atoms with Crippen molar-refractivity contribution in [3.05, 3.63) is 48.0 Å². The van der Waals surface area contributed by atoms with E-state index in [-0.39, 0.29) is 23.2 Å². The van der Waals surface area contributed by atoms with E-state index in [0.717, 1.165) is 48.4 Å². The lowest BCUT2D eigenvalue weighted by Crippen LogP contribution is -2.63. The Kier molecular flexibility index (Phi) is 7.15. The molecule has 4 fully saturated rings. The van der Waals surface area contributed by atoms with Gasteiger partial charge < -0.3 is 14.9 Å². The molecule has 6 rings (SSSR count). The third kappa shape index (κ3) is 5.36. The average molecular weight is 535 g/mol. The van der Waals surface area contributed by atoms with Crippen molar-refractivity contribution in [1.29, 1.82) is 0 Å². The molecule has 39 heavy (non-hydrogen) atoms. The van der Waals surface area contributed by atoms with E-state index >= 15 is 0 Å². The molecule has 0 aliphatic heterocycles. The van der Waals surface area contributed by atoms with Gasteiger partial charge in [0.15, 0.2) is 0 Å². The summed E-state index contributed by atoms with van der Waals surface area (Å²) in [5, 5.41) is 23.5. The number of carbonyl (C=O) groups is 2. The van der Waals surface area contributed by atoms with Crippen molar-refractivity contribution in [2.75, 3.05) is 0 Å². The van der Waals surface area contributed by atoms with Crippen LogP contribution in [0.25, 0.3) is 10.8 Å². The van der Waals surface area contributed by atoms with E-state index in [4.69, 9.17) is 4.74 Å². The number of carboxylic acids is 1. The van der Waals surface area contributed by atoms with E-state index in [9.17, 15) is 19.8 Å². The molecule has 0 heterocycles. The standard InChI is InChI=1S/C34H46O5/c1-6-24(29(35)39-32(4,5)33-16-22-13-23(17-33)19-34(38,18-22)21-33)14-28(20-31(2,3)30(36)37)27-12-11-25-9-7-8-10-26(25)15-27/h7-12,15,22-24,28,38H,6,13-14,16-21H2,1-5H3,(H,36,37). The molecular weight excluding hydrogens is 488 g/mol. The van der Waals surface area contributed by atoms with Gasteiger partial charge in [0.1, 0.15) is 5.60 Å². The summed E-state index contributed by atoms with van der Waals surface area (Å²) in [5.41, 5.74) is -1.31. The molecule has 0 amide bonds. The van der Waals surface area contributed by atoms with Gasteiger partial charge in [-0.25, -0.2) is 0 Å². The number of ether oxygens (including phenoxy) is 1. The topological polar surface area (TPSA) is 83.8 Å². The first-order valence-corrected chi connectivity index (χ1v) is 14.9. The maximum atomic E-state index is 13.8. The maximum absolute atomic E-state index is 13.8. The summed E-state index contributed by atoms with van der Waals surface area (Å²) in [6.45, 7) is 9.67. The van der Waals surface area contributed by atoms with Gasteiger partial charge >= 0.3 is 11.9 Å². The zero-order valence-corrected chi connectivity index (χ0v) is 24.3. The Morgan fingerprint density at radius 1 is 1.00 bits per heavy atom. The summed E-state index contributed by atoms with van der Waals surface area (Å²) in [5.74, 6) is -0.406. The molecular formula is C34H46O5. The minimum Gasteiger partial charge on any atom is -0.481 e. The van der Waals surface area contributed by atoms with Crippen molar-refractivity contribution >= 4 is 22.7 Å². The number of fused-ring (bicyclic) bond motifs is 1. The van der Waals surface area contributed by atoms with Gasteiger partial charge in [-0.15, -0.1) is 0 Å². The predicted octanol–water partition coefficient (Wildman–Crippen LogP) is 7.49. The minimum absolute atomic E-state index is 0.0958. The first-order valence-electron chi connectivity index (χ1n) is 14.9. The highest BCUT2D eigenvalue weighted by Crippen LogP contribution is 2.65. The zero-order chi connectivity index (χ0) is 28.2. The smallest absolute Gasteiger partial charge is 0.309 e. The second-order valence-corrected chi connectivity index (χ2v) is 14.4. The molecule has 5 nitrogen and oxygen atoms in total. The first-order chi connectivity index (χ1) is 18.2. The molecule has 2 aromatic rings. The number of aliphatic carboxylic acids is 1. The van der Waals surface area contributed by atoms with Gasteiger partial charge in [0.2, 0.25) is 0 Å². The van der Waals surface area contributed by atoms with E-state index in [1.54, 1.807) is 13.8 Å². The second kappa shape index (κ2) is 9.90. The van der Waals surface area contributed by atoms with Gasteiger partial charge in [0.05, 0.1) is 16.9 Å². The number of hydrogen-bond donors (Lipinski definition) is 2. The van der Waals surface area contributed by atoms with Gasteiger partial charge in [0.25, 0.3) is 0 Å². The number of hydrogen-bond acceptors (Lipinski definition) is 4. The average Bonchev–Trinajstić information content (AvgIpc) is 2.84. The predicted molar refractivity (Wildman–Crippen MR) is 153 cm³/mol. The molecule has 0 radical (unpaired) electrons. The van der Waals surface area contributed by atoms with Gasteiger partial charge in [0, 0.05) is 5.41 Å². The molecule has 0 saturated heterocycles. The van der Waals surface area contributed by atoms with Crippen molar-refractivity contribution in [2.45, 2.75) is 110 Å². The Labute approximate surface area is 233 Å². The fourth-order valence-corrected chi connectivity index (χ4v) is 8.64. The van der Waals surface area contributed by atoms with Gasteiger partial charge in [-0.3, -0.25) is 9.59 Å². The van der Waals surface area contributed by atoms with Crippen LogP contribution in [0.15, 0.2) is 42.5 Å². The van der Waals surface area contributed by atoms with E-state index in [0.29, 0.717) is 31.1 Å². The van der Waals surface area contributed by atoms with E-state index in [1.807, 2.05) is 19.1 Å². The van der Waals surface area contributed by atoms with Crippen molar-refractivity contribution < 1.29 is 24.5 Å². The second-order valence-electron chi connectivity index (χ2n) is 14.4. The van der Waals surface area contributed by atoms with Crippen molar-refractivity contribution in [3.63, 3.8) is 0 Å². The maximum Gasteiger partial charge on any atom is 0.309 e. The molecule has 4 unspecified atom stereocenters. The quantitative estimate of drug-likeness (QED) is 0.309. The minimum atomic E-state index is -0.924. The fourth-order valence-electron chi connectivity index (χ4n) is 8.64. The molecule has 5 heteroatoms. The highest BCUT2D eigenvalue weighted by Gasteiger charge is 2.63. The third-order valence-electron chi connectivity index (χ3n) is 10.6. The molecule has 2 aromatic carbocycles. The number of benzene rings is 2. The number of carboxylic acid groups (broad SMARTS) is 1. The Morgan fingerprint density at radius 3 is 2.23 bits per heavy atom. The Balaban J connectivity index is 1.38. The molecule has 0 aromatic heterocycles. The highest BCUT2D eigenvalue weighted by molar-refractivity contribution is 5.83. The van der Waals surface area contributed by atoms with Crippen LogP contribution in [-0.2, 0) is 14.3 Å². The SMILES string of the molecule is CCC(CC(CC(C)(C)C(=O)O)c1ccc2ccccc2c1)C(=O)OC(C)(C)C12CC3CC(CC(O)(C3)C1)C2. The Morgan fingerprint density at radius 2 is 1.64 bits per heavy atom. The molecule has 4 bridgehead atoms. The number of carbonyl (C=O) groups excluding carboxylic acids is 1. The fraction of sp³-hybridized carbons (Fsp3) is 0.647. The lowest BCUT2D eigenvalue weighted by atomic mass is 9.44. The van der Waals surface area contributed by atoms with Crippen LogP contribution < -0.4 is 0 Å². The normalized spacial score (nSPS) is 29.8. The Bertz CT molecular complexity index is 1230. The zero-order valence-electron chi connectivity index (χ0n) is 24.3. The van der Waals surface area contributed by atoms with Gasteiger partial charge in [-0.2, -0.15) is 0 Å². The third-order valence-corrected chi connectivity index (χ3v) is 10.6. The highest BCUT2D eigenvalue weighted by atomic mass is 16.6. The summed E-state index contributed by atoms with van der Waals surface area (Å²) in [4.78, 5) is 25.9. The van der Waals surface area contributed by atoms with Gasteiger partial charge in [-0.1, -0.05) is 49.4 Å². The number of aliphatic hydroxyl groups is 1. The van der Waals surface area contributed by atoms with Crippen LogP contribution in [0.4, 0.5) is 0 Å². The summed E-state index contributed by atoms with van der Waals surface area (Å²) in [6.07, 6.45) is 7.35. The summed E-state index contributed by atoms with van der Waals surface area (Å²) >= 11 is 0. The molecule has 4 saturated carbocycles. The molecule has 4 atom stereocenters.